The number of fused-ring (bicyclic) bond motifs is 1. The number of aliphatic carboxylic acids is 1. The van der Waals surface area contributed by atoms with Gasteiger partial charge >= 0.3 is 5.97 Å². The smallest absolute Gasteiger partial charge is 0.352 e. The Bertz CT molecular complexity index is 1640. The Morgan fingerprint density at radius 1 is 1.26 bits per heavy atom. The quantitative estimate of drug-likeness (QED) is 0.134. The Kier molecular flexibility index (Phi) is 8.25. The average molecular weight is 613 g/mol. The number of rotatable bonds is 10. The number of aromatic nitrogens is 6. The summed E-state index contributed by atoms with van der Waals surface area (Å²) in [6.45, 7) is 0. The Labute approximate surface area is 245 Å². The van der Waals surface area contributed by atoms with E-state index in [1.165, 1.54) is 33.1 Å². The number of H-pyrrole nitrogens is 1. The molecule has 0 saturated carbocycles. The lowest BCUT2D eigenvalue weighted by Crippen LogP contribution is -2.71. The molecule has 0 spiro atoms. The summed E-state index contributed by atoms with van der Waals surface area (Å²) in [6.07, 6.45) is -0.322. The number of β-lactam (4-membered cyclic amide) rings is 1. The van der Waals surface area contributed by atoms with Crippen molar-refractivity contribution < 1.29 is 24.3 Å². The molecular weight excluding hydrogens is 588 g/mol. The number of thioether (sulfide) groups is 2. The van der Waals surface area contributed by atoms with Gasteiger partial charge in [0.2, 0.25) is 22.9 Å². The van der Waals surface area contributed by atoms with Crippen molar-refractivity contribution in [3.8, 4) is 0 Å². The average Bonchev–Trinajstić information content (AvgIpc) is 3.36. The van der Waals surface area contributed by atoms with Crippen LogP contribution in [-0.4, -0.2) is 86.8 Å². The number of tetrazole rings is 1. The van der Waals surface area contributed by atoms with Gasteiger partial charge in [0.1, 0.15) is 23.2 Å². The highest BCUT2D eigenvalue weighted by Crippen LogP contribution is 2.41. The van der Waals surface area contributed by atoms with Crippen LogP contribution in [0.25, 0.3) is 0 Å². The summed E-state index contributed by atoms with van der Waals surface area (Å²) in [6, 6.07) is 7.33. The Morgan fingerprint density at radius 3 is 2.69 bits per heavy atom. The first-order chi connectivity index (χ1) is 20.1. The molecule has 0 bridgehead atoms. The van der Waals surface area contributed by atoms with Gasteiger partial charge in [-0.15, -0.1) is 16.9 Å². The molecule has 6 N–H and O–H groups in total. The van der Waals surface area contributed by atoms with Gasteiger partial charge in [-0.25, -0.2) is 14.5 Å². The number of aryl methyl sites for hydroxylation is 1. The third-order valence-corrected chi connectivity index (χ3v) is 8.80. The van der Waals surface area contributed by atoms with E-state index in [1.54, 1.807) is 37.4 Å². The molecule has 4 heterocycles. The molecule has 1 unspecified atom stereocenters. The number of nitrogen functional groups attached to an aromatic ring is 1. The van der Waals surface area contributed by atoms with Gasteiger partial charge < -0.3 is 21.5 Å². The molecule has 3 atom stereocenters. The number of hydrogen-bond donors (Lipinski definition) is 5. The molecule has 5 rings (SSSR count). The van der Waals surface area contributed by atoms with Gasteiger partial charge in [0.15, 0.2) is 0 Å². The first-order valence-electron chi connectivity index (χ1n) is 12.4. The second-order valence-electron chi connectivity index (χ2n) is 9.24. The van der Waals surface area contributed by atoms with Crippen molar-refractivity contribution in [2.75, 3.05) is 17.2 Å². The third kappa shape index (κ3) is 5.98. The lowest BCUT2D eigenvalue weighted by molar-refractivity contribution is -0.151. The van der Waals surface area contributed by atoms with Crippen molar-refractivity contribution in [1.29, 1.82) is 0 Å². The maximum Gasteiger partial charge on any atom is 0.352 e. The highest BCUT2D eigenvalue weighted by molar-refractivity contribution is 8.01. The number of hydrogen-bond acceptors (Lipinski definition) is 12. The van der Waals surface area contributed by atoms with Crippen LogP contribution in [0.15, 0.2) is 57.6 Å². The van der Waals surface area contributed by atoms with E-state index >= 15 is 0 Å². The number of amides is 3. The molecule has 2 aromatic heterocycles. The number of anilines is 1. The fourth-order valence-electron chi connectivity index (χ4n) is 4.47. The van der Waals surface area contributed by atoms with E-state index in [-0.39, 0.29) is 29.5 Å². The molecule has 16 nitrogen and oxygen atoms in total. The lowest BCUT2D eigenvalue weighted by atomic mass is 10.0. The van der Waals surface area contributed by atoms with Crippen molar-refractivity contribution in [3.63, 3.8) is 0 Å². The van der Waals surface area contributed by atoms with Crippen molar-refractivity contribution in [3.05, 3.63) is 69.3 Å². The standard InChI is InChI=1S/C24H24N10O6S2/c1-33-24(30-31-32-33)42-10-12-9-41-21-17(20(38)34(21)18(12)22(39)40)29-19(37)16(11-5-3-2-4-6-11)27-14(35)7-13-8-15(36)28-23(25)26-13/h2-6,8,16-17,21H,7,9-10H2,1H3,(H,27,35)(H,29,37)(H,39,40)(H3,25,26,28,36)/t16-,17?,21-/m1/s1. The van der Waals surface area contributed by atoms with Crippen LogP contribution >= 0.6 is 23.5 Å². The number of benzene rings is 1. The van der Waals surface area contributed by atoms with Crippen LogP contribution in [0.4, 0.5) is 5.95 Å². The minimum atomic E-state index is -1.26. The molecule has 1 aromatic carbocycles. The number of nitrogens with one attached hydrogen (secondary N) is 3. The molecule has 2 aliphatic heterocycles. The maximum atomic E-state index is 13.5. The van der Waals surface area contributed by atoms with Gasteiger partial charge in [-0.2, -0.15) is 0 Å². The summed E-state index contributed by atoms with van der Waals surface area (Å²) >= 11 is 2.57. The molecule has 1 saturated heterocycles. The minimum absolute atomic E-state index is 0.113. The van der Waals surface area contributed by atoms with E-state index in [0.717, 1.165) is 6.07 Å². The van der Waals surface area contributed by atoms with Gasteiger partial charge in [0.05, 0.1) is 12.1 Å². The summed E-state index contributed by atoms with van der Waals surface area (Å²) in [5.41, 5.74) is 5.98. The van der Waals surface area contributed by atoms with E-state index in [0.29, 0.717) is 22.0 Å². The molecule has 3 amide bonds. The van der Waals surface area contributed by atoms with Gasteiger partial charge in [-0.1, -0.05) is 42.1 Å². The molecule has 0 aliphatic carbocycles. The molecule has 42 heavy (non-hydrogen) atoms. The van der Waals surface area contributed by atoms with E-state index < -0.39 is 46.7 Å². The number of carbonyl (C=O) groups excluding carboxylic acids is 3. The maximum absolute atomic E-state index is 13.5. The Balaban J connectivity index is 1.30. The van der Waals surface area contributed by atoms with E-state index in [4.69, 9.17) is 5.73 Å². The van der Waals surface area contributed by atoms with Gasteiger partial charge in [0.25, 0.3) is 11.5 Å². The third-order valence-electron chi connectivity index (χ3n) is 6.36. The number of carboxylic acids is 1. The van der Waals surface area contributed by atoms with E-state index in [9.17, 15) is 29.1 Å². The molecular formula is C24H24N10O6S2. The first kappa shape index (κ1) is 28.8. The SMILES string of the molecule is Cn1nnnc1SCC1=C(C(=O)O)N2C(=O)C(NC(=O)[C@H](NC(=O)Cc3cc(=O)[nH]c(N)n3)c3ccccc3)[C@H]2SC1. The van der Waals surface area contributed by atoms with Gasteiger partial charge in [-0.3, -0.25) is 29.1 Å². The zero-order chi connectivity index (χ0) is 30.0. The second-order valence-corrected chi connectivity index (χ2v) is 11.3. The molecule has 18 heteroatoms. The fourth-order valence-corrected chi connectivity index (χ4v) is 6.80. The minimum Gasteiger partial charge on any atom is -0.477 e. The van der Waals surface area contributed by atoms with Crippen LogP contribution in [0.2, 0.25) is 0 Å². The Hall–Kier alpha value is -4.71. The van der Waals surface area contributed by atoms with Crippen LogP contribution in [0.5, 0.6) is 0 Å². The van der Waals surface area contributed by atoms with Gasteiger partial charge in [-0.05, 0) is 21.6 Å². The highest BCUT2D eigenvalue weighted by Gasteiger charge is 2.54. The first-order valence-corrected chi connectivity index (χ1v) is 14.4. The number of carboxylic acid groups (broad SMARTS) is 1. The summed E-state index contributed by atoms with van der Waals surface area (Å²) in [7, 11) is 1.66. The summed E-state index contributed by atoms with van der Waals surface area (Å²) in [5.74, 6) is -2.69. The van der Waals surface area contributed by atoms with Crippen LogP contribution in [-0.2, 0) is 32.6 Å². The topological polar surface area (TPSA) is 231 Å². The molecule has 0 radical (unpaired) electrons. The van der Waals surface area contributed by atoms with Crippen molar-refractivity contribution in [2.24, 2.45) is 7.05 Å². The van der Waals surface area contributed by atoms with Crippen LogP contribution < -0.4 is 21.9 Å². The van der Waals surface area contributed by atoms with Crippen molar-refractivity contribution in [1.82, 2.24) is 45.7 Å². The number of nitrogens with two attached hydrogens (primary N) is 1. The molecule has 218 valence electrons. The van der Waals surface area contributed by atoms with Crippen LogP contribution in [0.3, 0.4) is 0 Å². The van der Waals surface area contributed by atoms with Crippen molar-refractivity contribution >= 4 is 53.2 Å². The summed E-state index contributed by atoms with van der Waals surface area (Å²) < 4.78 is 1.46. The number of carbonyl (C=O) groups is 4. The molecule has 1 fully saturated rings. The largest absolute Gasteiger partial charge is 0.477 e. The fraction of sp³-hybridized carbons (Fsp3) is 0.292. The molecule has 2 aliphatic rings. The van der Waals surface area contributed by atoms with E-state index in [1.807, 2.05) is 0 Å². The summed E-state index contributed by atoms with van der Waals surface area (Å²) in [5, 5.41) is 26.3. The van der Waals surface area contributed by atoms with Gasteiger partial charge in [0, 0.05) is 24.6 Å². The zero-order valence-corrected chi connectivity index (χ0v) is 23.5. The number of nitrogens with zero attached hydrogens (tertiary/aromatic N) is 6. The normalized spacial score (nSPS) is 18.6. The summed E-state index contributed by atoms with van der Waals surface area (Å²) in [4.78, 5) is 70.7. The van der Waals surface area contributed by atoms with Crippen molar-refractivity contribution in [2.45, 2.75) is 29.0 Å². The van der Waals surface area contributed by atoms with Crippen LogP contribution in [0, 0.1) is 0 Å². The monoisotopic (exact) mass is 612 g/mol. The Morgan fingerprint density at radius 2 is 2.02 bits per heavy atom. The molecule has 3 aromatic rings. The van der Waals surface area contributed by atoms with Crippen LogP contribution in [0.1, 0.15) is 17.3 Å². The highest BCUT2D eigenvalue weighted by atomic mass is 32.2. The number of aromatic amines is 1. The predicted octanol–water partition coefficient (Wildman–Crippen LogP) is -1.19. The second kappa shape index (κ2) is 12.0. The predicted molar refractivity (Wildman–Crippen MR) is 150 cm³/mol. The lowest BCUT2D eigenvalue weighted by Gasteiger charge is -2.49. The van der Waals surface area contributed by atoms with E-state index in [2.05, 4.69) is 36.1 Å². The zero-order valence-electron chi connectivity index (χ0n) is 21.9.